The van der Waals surface area contributed by atoms with Crippen molar-refractivity contribution in [1.82, 2.24) is 9.97 Å². The van der Waals surface area contributed by atoms with Gasteiger partial charge in [-0.2, -0.15) is 5.26 Å². The molecule has 2 heterocycles. The van der Waals surface area contributed by atoms with Crippen molar-refractivity contribution in [1.29, 1.82) is 5.26 Å². The Bertz CT molecular complexity index is 1010. The highest BCUT2D eigenvalue weighted by atomic mass is 32.2. The van der Waals surface area contributed by atoms with E-state index in [0.717, 1.165) is 5.56 Å². The maximum Gasteiger partial charge on any atom is 0.258 e. The van der Waals surface area contributed by atoms with Crippen LogP contribution in [-0.4, -0.2) is 34.5 Å². The zero-order valence-electron chi connectivity index (χ0n) is 13.4. The van der Waals surface area contributed by atoms with Crippen LogP contribution >= 0.6 is 11.8 Å². The SMILES string of the molecule is CSc1nc2cc[nH]c(=O)c2c(-c2ccc(OCCO)cc2)c1C#N. The number of aromatic nitrogens is 2. The van der Waals surface area contributed by atoms with Gasteiger partial charge < -0.3 is 14.8 Å². The molecule has 0 saturated heterocycles. The minimum atomic E-state index is -0.287. The molecule has 126 valence electrons. The van der Waals surface area contributed by atoms with Gasteiger partial charge in [-0.3, -0.25) is 4.79 Å². The molecule has 3 rings (SSSR count). The van der Waals surface area contributed by atoms with Gasteiger partial charge in [-0.25, -0.2) is 4.98 Å². The normalized spacial score (nSPS) is 10.6. The Kier molecular flexibility index (Phi) is 5.03. The van der Waals surface area contributed by atoms with Crippen molar-refractivity contribution in [3.05, 3.63) is 52.4 Å². The van der Waals surface area contributed by atoms with Crippen molar-refractivity contribution in [3.63, 3.8) is 0 Å². The first-order valence-corrected chi connectivity index (χ1v) is 8.75. The maximum atomic E-state index is 12.4. The first kappa shape index (κ1) is 17.0. The van der Waals surface area contributed by atoms with Crippen LogP contribution in [0.2, 0.25) is 0 Å². The summed E-state index contributed by atoms with van der Waals surface area (Å²) in [5.41, 5.74) is 1.92. The van der Waals surface area contributed by atoms with E-state index >= 15 is 0 Å². The van der Waals surface area contributed by atoms with Crippen LogP contribution in [0.5, 0.6) is 5.75 Å². The molecule has 0 amide bonds. The topological polar surface area (TPSA) is 99.0 Å². The number of aliphatic hydroxyl groups excluding tert-OH is 1. The van der Waals surface area contributed by atoms with Gasteiger partial charge in [0.1, 0.15) is 23.5 Å². The van der Waals surface area contributed by atoms with Crippen molar-refractivity contribution >= 4 is 22.7 Å². The van der Waals surface area contributed by atoms with Gasteiger partial charge in [0.15, 0.2) is 0 Å². The quantitative estimate of drug-likeness (QED) is 0.684. The third-order valence-corrected chi connectivity index (χ3v) is 4.36. The summed E-state index contributed by atoms with van der Waals surface area (Å²) in [6.45, 7) is 0.138. The average Bonchev–Trinajstić information content (AvgIpc) is 2.65. The number of nitriles is 1. The summed E-state index contributed by atoms with van der Waals surface area (Å²) in [6.07, 6.45) is 3.39. The van der Waals surface area contributed by atoms with Crippen LogP contribution in [0.25, 0.3) is 22.0 Å². The molecule has 0 radical (unpaired) electrons. The van der Waals surface area contributed by atoms with Crippen molar-refractivity contribution in [2.75, 3.05) is 19.5 Å². The Hall–Kier alpha value is -2.82. The minimum absolute atomic E-state index is 0.0677. The minimum Gasteiger partial charge on any atom is -0.491 e. The molecule has 0 aliphatic heterocycles. The van der Waals surface area contributed by atoms with E-state index < -0.39 is 0 Å². The molecule has 2 N–H and O–H groups in total. The summed E-state index contributed by atoms with van der Waals surface area (Å²) in [4.78, 5) is 19.5. The number of rotatable bonds is 5. The molecule has 0 aliphatic carbocycles. The highest BCUT2D eigenvalue weighted by Gasteiger charge is 2.18. The van der Waals surface area contributed by atoms with E-state index in [1.165, 1.54) is 11.8 Å². The van der Waals surface area contributed by atoms with Crippen LogP contribution in [0, 0.1) is 11.3 Å². The summed E-state index contributed by atoms with van der Waals surface area (Å²) in [5.74, 6) is 0.605. The van der Waals surface area contributed by atoms with E-state index in [9.17, 15) is 10.1 Å². The van der Waals surface area contributed by atoms with E-state index in [1.54, 1.807) is 36.5 Å². The molecule has 1 aromatic carbocycles. The van der Waals surface area contributed by atoms with Gasteiger partial charge in [-0.1, -0.05) is 12.1 Å². The van der Waals surface area contributed by atoms with E-state index in [0.29, 0.717) is 32.8 Å². The van der Waals surface area contributed by atoms with Gasteiger partial charge in [0.2, 0.25) is 0 Å². The summed E-state index contributed by atoms with van der Waals surface area (Å²) >= 11 is 1.37. The lowest BCUT2D eigenvalue weighted by molar-refractivity contribution is 0.201. The third-order valence-electron chi connectivity index (χ3n) is 3.68. The number of benzene rings is 1. The second-order valence-corrected chi connectivity index (χ2v) is 5.94. The largest absolute Gasteiger partial charge is 0.491 e. The highest BCUT2D eigenvalue weighted by molar-refractivity contribution is 7.98. The van der Waals surface area contributed by atoms with Gasteiger partial charge in [-0.05, 0) is 30.0 Å². The van der Waals surface area contributed by atoms with E-state index in [-0.39, 0.29) is 18.8 Å². The van der Waals surface area contributed by atoms with Crippen LogP contribution in [0.1, 0.15) is 5.56 Å². The molecule has 0 bridgehead atoms. The lowest BCUT2D eigenvalue weighted by Gasteiger charge is -2.12. The average molecular weight is 353 g/mol. The Morgan fingerprint density at radius 2 is 2.08 bits per heavy atom. The first-order valence-electron chi connectivity index (χ1n) is 7.53. The number of ether oxygens (including phenoxy) is 1. The van der Waals surface area contributed by atoms with Gasteiger partial charge in [0.05, 0.1) is 23.1 Å². The number of fused-ring (bicyclic) bond motifs is 1. The number of pyridine rings is 2. The van der Waals surface area contributed by atoms with E-state index in [4.69, 9.17) is 9.84 Å². The number of aliphatic hydroxyl groups is 1. The fraction of sp³-hybridized carbons (Fsp3) is 0.167. The molecule has 0 aliphatic rings. The zero-order chi connectivity index (χ0) is 17.8. The van der Waals surface area contributed by atoms with Gasteiger partial charge in [0, 0.05) is 11.8 Å². The maximum absolute atomic E-state index is 12.4. The van der Waals surface area contributed by atoms with Crippen LogP contribution in [0.15, 0.2) is 46.3 Å². The van der Waals surface area contributed by atoms with Gasteiger partial charge in [-0.15, -0.1) is 11.8 Å². The van der Waals surface area contributed by atoms with Crippen LogP contribution < -0.4 is 10.3 Å². The number of nitrogens with one attached hydrogen (secondary N) is 1. The van der Waals surface area contributed by atoms with Crippen LogP contribution in [-0.2, 0) is 0 Å². The monoisotopic (exact) mass is 353 g/mol. The summed E-state index contributed by atoms with van der Waals surface area (Å²) in [7, 11) is 0. The zero-order valence-corrected chi connectivity index (χ0v) is 14.3. The van der Waals surface area contributed by atoms with E-state index in [1.807, 2.05) is 6.26 Å². The second kappa shape index (κ2) is 7.38. The fourth-order valence-electron chi connectivity index (χ4n) is 2.62. The Morgan fingerprint density at radius 1 is 1.32 bits per heavy atom. The molecular weight excluding hydrogens is 338 g/mol. The fourth-order valence-corrected chi connectivity index (χ4v) is 3.16. The lowest BCUT2D eigenvalue weighted by Crippen LogP contribution is -2.09. The highest BCUT2D eigenvalue weighted by Crippen LogP contribution is 2.34. The number of aromatic amines is 1. The summed E-state index contributed by atoms with van der Waals surface area (Å²) in [6, 6.07) is 11.0. The molecule has 0 spiro atoms. The van der Waals surface area contributed by atoms with E-state index in [2.05, 4.69) is 16.0 Å². The van der Waals surface area contributed by atoms with Crippen LogP contribution in [0.3, 0.4) is 0 Å². The second-order valence-electron chi connectivity index (χ2n) is 5.15. The molecule has 3 aromatic rings. The Morgan fingerprint density at radius 3 is 2.72 bits per heavy atom. The molecule has 7 heteroatoms. The predicted octanol–water partition coefficient (Wildman–Crippen LogP) is 2.55. The Balaban J connectivity index is 2.27. The molecule has 25 heavy (non-hydrogen) atoms. The summed E-state index contributed by atoms with van der Waals surface area (Å²) in [5, 5.41) is 19.4. The number of hydrogen-bond donors (Lipinski definition) is 2. The molecule has 0 fully saturated rings. The van der Waals surface area contributed by atoms with Crippen molar-refractivity contribution < 1.29 is 9.84 Å². The number of nitrogens with zero attached hydrogens (tertiary/aromatic N) is 2. The predicted molar refractivity (Wildman–Crippen MR) is 96.9 cm³/mol. The molecule has 2 aromatic heterocycles. The third kappa shape index (κ3) is 3.22. The van der Waals surface area contributed by atoms with Crippen molar-refractivity contribution in [3.8, 4) is 22.9 Å². The molecule has 6 nitrogen and oxygen atoms in total. The molecular formula is C18H15N3O3S. The molecule has 0 unspecified atom stereocenters. The number of H-pyrrole nitrogens is 1. The smallest absolute Gasteiger partial charge is 0.258 e. The number of thioether (sulfide) groups is 1. The van der Waals surface area contributed by atoms with Crippen molar-refractivity contribution in [2.45, 2.75) is 5.03 Å². The van der Waals surface area contributed by atoms with Crippen LogP contribution in [0.4, 0.5) is 0 Å². The number of hydrogen-bond acceptors (Lipinski definition) is 6. The molecule has 0 saturated carbocycles. The first-order chi connectivity index (χ1) is 12.2. The molecule has 0 atom stereocenters. The van der Waals surface area contributed by atoms with Crippen molar-refractivity contribution in [2.24, 2.45) is 0 Å². The Labute approximate surface area is 148 Å². The lowest BCUT2D eigenvalue weighted by atomic mass is 9.97. The van der Waals surface area contributed by atoms with Gasteiger partial charge in [0.25, 0.3) is 5.56 Å². The standard InChI is InChI=1S/C18H15N3O3S/c1-25-18-13(10-19)15(16-14(21-18)6-7-20-17(16)23)11-2-4-12(5-3-11)24-9-8-22/h2-7,22H,8-9H2,1H3,(H,20,23). The summed E-state index contributed by atoms with van der Waals surface area (Å²) < 4.78 is 5.36. The van der Waals surface area contributed by atoms with Gasteiger partial charge >= 0.3 is 0 Å².